The first-order valence-corrected chi connectivity index (χ1v) is 14.4. The molecule has 1 aliphatic heterocycles. The third-order valence-electron chi connectivity index (χ3n) is 8.50. The van der Waals surface area contributed by atoms with Crippen molar-refractivity contribution in [2.45, 2.75) is 82.3 Å². The number of fused-ring (bicyclic) bond motifs is 1. The van der Waals surface area contributed by atoms with Gasteiger partial charge in [-0.05, 0) is 69.1 Å². The number of imidazole rings is 1. The molecule has 6 rings (SSSR count). The normalized spacial score (nSPS) is 22.3. The molecule has 1 saturated heterocycles. The molecule has 3 aromatic rings. The predicted molar refractivity (Wildman–Crippen MR) is 143 cm³/mol. The molecule has 3 amide bonds. The van der Waals surface area contributed by atoms with Crippen LogP contribution in [0.25, 0.3) is 5.65 Å². The van der Waals surface area contributed by atoms with Crippen molar-refractivity contribution in [1.82, 2.24) is 39.9 Å². The number of hydrogen-bond donors (Lipinski definition) is 2. The van der Waals surface area contributed by atoms with Crippen LogP contribution in [-0.4, -0.2) is 66.2 Å². The van der Waals surface area contributed by atoms with Gasteiger partial charge >= 0.3 is 6.03 Å². The topological polar surface area (TPSA) is 109 Å². The Bertz CT molecular complexity index is 1470. The first kappa shape index (κ1) is 28.4. The molecule has 1 unspecified atom stereocenters. The molecule has 3 aliphatic rings. The fourth-order valence-electron chi connectivity index (χ4n) is 6.20. The van der Waals surface area contributed by atoms with Crippen molar-refractivity contribution in [2.24, 2.45) is 11.8 Å². The summed E-state index contributed by atoms with van der Waals surface area (Å²) in [5.41, 5.74) is 1.81. The van der Waals surface area contributed by atoms with E-state index in [4.69, 9.17) is 4.98 Å². The quantitative estimate of drug-likeness (QED) is 0.362. The number of urea groups is 1. The van der Waals surface area contributed by atoms with Crippen LogP contribution >= 0.6 is 0 Å². The van der Waals surface area contributed by atoms with Gasteiger partial charge in [0.25, 0.3) is 11.8 Å². The lowest BCUT2D eigenvalue weighted by atomic mass is 9.81. The number of nitrogens with one attached hydrogen (secondary N) is 2. The lowest BCUT2D eigenvalue weighted by Gasteiger charge is -2.38. The number of carbonyl (C=O) groups is 2. The van der Waals surface area contributed by atoms with Gasteiger partial charge in [0, 0.05) is 25.1 Å². The summed E-state index contributed by atoms with van der Waals surface area (Å²) < 4.78 is 59.7. The summed E-state index contributed by atoms with van der Waals surface area (Å²) in [7, 11) is 0. The van der Waals surface area contributed by atoms with Crippen molar-refractivity contribution in [3.8, 4) is 0 Å². The zero-order valence-corrected chi connectivity index (χ0v) is 23.4. The number of alkyl halides is 4. The van der Waals surface area contributed by atoms with Gasteiger partial charge in [-0.1, -0.05) is 0 Å². The molecule has 10 nitrogen and oxygen atoms in total. The molecule has 0 radical (unpaired) electrons. The highest BCUT2D eigenvalue weighted by Gasteiger charge is 2.47. The molecule has 0 aromatic carbocycles. The molecule has 0 spiro atoms. The monoisotopic (exact) mass is 590 g/mol. The molecule has 2 saturated carbocycles. The van der Waals surface area contributed by atoms with Crippen LogP contribution in [-0.2, 0) is 0 Å². The highest BCUT2D eigenvalue weighted by molar-refractivity contribution is 5.92. The molecule has 0 bridgehead atoms. The van der Waals surface area contributed by atoms with Gasteiger partial charge in [-0.15, -0.1) is 0 Å². The highest BCUT2D eigenvalue weighted by Crippen LogP contribution is 2.46. The van der Waals surface area contributed by atoms with Gasteiger partial charge in [0.05, 0.1) is 43.3 Å². The fraction of sp³-hybridized carbons (Fsp3) is 0.607. The van der Waals surface area contributed by atoms with E-state index in [1.807, 2.05) is 13.8 Å². The largest absolute Gasteiger partial charge is 0.342 e. The number of rotatable bonds is 8. The summed E-state index contributed by atoms with van der Waals surface area (Å²) in [4.78, 5) is 31.9. The minimum absolute atomic E-state index is 0.0325. The Hall–Kier alpha value is -3.71. The van der Waals surface area contributed by atoms with Crippen LogP contribution in [0.15, 0.2) is 30.7 Å². The van der Waals surface area contributed by atoms with Crippen molar-refractivity contribution >= 4 is 17.6 Å². The molecule has 2 N–H and O–H groups in total. The maximum absolute atomic E-state index is 14.3. The molecule has 3 fully saturated rings. The van der Waals surface area contributed by atoms with E-state index in [1.54, 1.807) is 29.2 Å². The number of amides is 3. The maximum atomic E-state index is 14.3. The van der Waals surface area contributed by atoms with Gasteiger partial charge in [0.1, 0.15) is 5.69 Å². The Morgan fingerprint density at radius 2 is 1.81 bits per heavy atom. The van der Waals surface area contributed by atoms with Gasteiger partial charge in [-0.3, -0.25) is 9.48 Å². The molecule has 3 aromatic heterocycles. The van der Waals surface area contributed by atoms with Gasteiger partial charge in [-0.25, -0.2) is 31.9 Å². The molecular weight excluding hydrogens is 556 g/mol. The molecule has 42 heavy (non-hydrogen) atoms. The molecular formula is C28H34F4N8O2. The number of nitrogens with zero attached hydrogens (tertiary/aromatic N) is 6. The Kier molecular flexibility index (Phi) is 7.12. The van der Waals surface area contributed by atoms with Gasteiger partial charge in [-0.2, -0.15) is 10.2 Å². The first-order chi connectivity index (χ1) is 19.9. The Morgan fingerprint density at radius 1 is 1.07 bits per heavy atom. The van der Waals surface area contributed by atoms with Crippen LogP contribution in [0.3, 0.4) is 0 Å². The number of hydrogen-bond acceptors (Lipinski definition) is 5. The zero-order valence-electron chi connectivity index (χ0n) is 23.4. The molecule has 14 heteroatoms. The lowest BCUT2D eigenvalue weighted by molar-refractivity contribution is -0.0495. The number of halogens is 4. The molecule has 2 atom stereocenters. The Labute approximate surface area is 239 Å². The average molecular weight is 591 g/mol. The van der Waals surface area contributed by atoms with Crippen molar-refractivity contribution < 1.29 is 27.2 Å². The van der Waals surface area contributed by atoms with Crippen LogP contribution in [0.4, 0.5) is 22.4 Å². The van der Waals surface area contributed by atoms with Crippen molar-refractivity contribution in [2.75, 3.05) is 13.1 Å². The van der Waals surface area contributed by atoms with Crippen molar-refractivity contribution in [3.05, 3.63) is 47.7 Å². The smallest absolute Gasteiger partial charge is 0.318 e. The van der Waals surface area contributed by atoms with E-state index in [2.05, 4.69) is 20.8 Å². The number of carbonyl (C=O) groups excluding carboxylic acids is 2. The predicted octanol–water partition coefficient (Wildman–Crippen LogP) is 4.91. The van der Waals surface area contributed by atoms with Gasteiger partial charge in [0.2, 0.25) is 5.92 Å². The first-order valence-electron chi connectivity index (χ1n) is 14.4. The third-order valence-corrected chi connectivity index (χ3v) is 8.50. The van der Waals surface area contributed by atoms with E-state index in [0.29, 0.717) is 22.6 Å². The Balaban J connectivity index is 1.32. The summed E-state index contributed by atoms with van der Waals surface area (Å²) >= 11 is 0. The van der Waals surface area contributed by atoms with Crippen LogP contribution in [0, 0.1) is 11.8 Å². The average Bonchev–Trinajstić information content (AvgIpc) is 3.46. The van der Waals surface area contributed by atoms with Crippen LogP contribution in [0.5, 0.6) is 0 Å². The summed E-state index contributed by atoms with van der Waals surface area (Å²) in [6, 6.07) is 1.48. The molecule has 226 valence electrons. The van der Waals surface area contributed by atoms with Gasteiger partial charge in [0.15, 0.2) is 5.65 Å². The van der Waals surface area contributed by atoms with Crippen molar-refractivity contribution in [3.63, 3.8) is 0 Å². The summed E-state index contributed by atoms with van der Waals surface area (Å²) in [6.07, 6.45) is 6.20. The second-order valence-corrected chi connectivity index (χ2v) is 12.1. The summed E-state index contributed by atoms with van der Waals surface area (Å²) in [5.74, 6) is -6.43. The van der Waals surface area contributed by atoms with Crippen LogP contribution in [0.2, 0.25) is 0 Å². The summed E-state index contributed by atoms with van der Waals surface area (Å²) in [6.45, 7) is 2.43. The van der Waals surface area contributed by atoms with E-state index in [9.17, 15) is 27.2 Å². The van der Waals surface area contributed by atoms with E-state index in [-0.39, 0.29) is 49.5 Å². The maximum Gasteiger partial charge on any atom is 0.318 e. The van der Waals surface area contributed by atoms with E-state index >= 15 is 0 Å². The molecule has 4 heterocycles. The number of aromatic nitrogens is 5. The van der Waals surface area contributed by atoms with Gasteiger partial charge < -0.3 is 15.5 Å². The summed E-state index contributed by atoms with van der Waals surface area (Å²) in [5, 5.41) is 14.0. The van der Waals surface area contributed by atoms with E-state index in [1.165, 1.54) is 15.6 Å². The zero-order chi connectivity index (χ0) is 29.8. The van der Waals surface area contributed by atoms with Crippen LogP contribution < -0.4 is 10.6 Å². The van der Waals surface area contributed by atoms with Crippen LogP contribution in [0.1, 0.15) is 92.2 Å². The second-order valence-electron chi connectivity index (χ2n) is 12.1. The minimum Gasteiger partial charge on any atom is -0.342 e. The highest BCUT2D eigenvalue weighted by atomic mass is 19.3. The minimum atomic E-state index is -3.05. The molecule has 2 aliphatic carbocycles. The standard InChI is InChI=1S/C28H34F4N8O2/c1-16(2)40-21(7-10-34-40)25(41)37-23(17-5-8-27(29,30)9-6-17)20-13-39-22(36-20)11-19(12-35-39)24(18-3-4-18)38-15-28(31,32)14-33-26(38)42/h7,10-13,16-18,23-24H,3-6,8-9,14-15H2,1-2H3,(H,33,42)(H,37,41)/t23-,24?/m0/s1. The van der Waals surface area contributed by atoms with E-state index < -0.39 is 43.0 Å². The lowest BCUT2D eigenvalue weighted by Crippen LogP contribution is -2.58. The SMILES string of the molecule is CC(C)n1nccc1C(=O)N[C@H](c1cn2ncc(C(C3CC3)N3CC(F)(F)CNC3=O)cc2n1)C1CCC(F)(F)CC1. The van der Waals surface area contributed by atoms with E-state index in [0.717, 1.165) is 12.8 Å². The fourth-order valence-corrected chi connectivity index (χ4v) is 6.20. The second kappa shape index (κ2) is 10.5. The van der Waals surface area contributed by atoms with Crippen molar-refractivity contribution in [1.29, 1.82) is 0 Å². The third kappa shape index (κ3) is 5.67. The Morgan fingerprint density at radius 3 is 2.50 bits per heavy atom.